The molecule has 1 heterocycles. The van der Waals surface area contributed by atoms with Crippen LogP contribution < -0.4 is 10.6 Å². The summed E-state index contributed by atoms with van der Waals surface area (Å²) in [7, 11) is 0. The number of hydrogen-bond donors (Lipinski definition) is 2. The van der Waals surface area contributed by atoms with Crippen molar-refractivity contribution < 1.29 is 31.1 Å². The molecule has 1 fully saturated rings. The highest BCUT2D eigenvalue weighted by molar-refractivity contribution is 5.80. The zero-order valence-corrected chi connectivity index (χ0v) is 10.8. The first-order chi connectivity index (χ1) is 8.96. The first kappa shape index (κ1) is 17.1. The molecule has 1 atom stereocenters. The fraction of sp³-hybridized carbons (Fsp3) is 0.909. The number of nitrogens with one attached hydrogen (secondary N) is 2. The largest absolute Gasteiger partial charge is 0.409 e. The van der Waals surface area contributed by atoms with Crippen LogP contribution in [0.5, 0.6) is 0 Å². The summed E-state index contributed by atoms with van der Waals surface area (Å²) in [6.45, 7) is 2.67. The fourth-order valence-corrected chi connectivity index (χ4v) is 2.16. The van der Waals surface area contributed by atoms with Crippen molar-refractivity contribution in [3.63, 3.8) is 0 Å². The van der Waals surface area contributed by atoms with E-state index in [1.807, 2.05) is 0 Å². The molecule has 0 radical (unpaired) electrons. The van der Waals surface area contributed by atoms with E-state index in [0.717, 1.165) is 13.0 Å². The summed E-state index contributed by atoms with van der Waals surface area (Å²) in [5.41, 5.74) is -0.532. The lowest BCUT2D eigenvalue weighted by Crippen LogP contribution is -2.52. The maximum Gasteiger partial charge on any atom is 0.409 e. The number of piperidine rings is 1. The number of hydrogen-bond acceptors (Lipinski definition) is 2. The summed E-state index contributed by atoms with van der Waals surface area (Å²) in [6.07, 6.45) is -9.90. The Balaban J connectivity index is 2.68. The number of alkyl halides is 6. The lowest BCUT2D eigenvalue weighted by Gasteiger charge is -2.34. The molecule has 1 rings (SSSR count). The van der Waals surface area contributed by atoms with Crippen LogP contribution in [0.25, 0.3) is 0 Å². The van der Waals surface area contributed by atoms with E-state index in [1.54, 1.807) is 12.2 Å². The van der Waals surface area contributed by atoms with Crippen LogP contribution in [0.4, 0.5) is 26.3 Å². The van der Waals surface area contributed by atoms with Crippen molar-refractivity contribution >= 4 is 5.91 Å². The number of carbonyl (C=O) groups excluding carboxylic acids is 1. The monoisotopic (exact) mass is 306 g/mol. The molecule has 0 spiro atoms. The molecule has 0 aromatic rings. The van der Waals surface area contributed by atoms with E-state index >= 15 is 0 Å². The van der Waals surface area contributed by atoms with Crippen molar-refractivity contribution in [2.24, 2.45) is 11.3 Å². The first-order valence-electron chi connectivity index (χ1n) is 6.08. The van der Waals surface area contributed by atoms with Crippen LogP contribution in [0, 0.1) is 11.3 Å². The van der Waals surface area contributed by atoms with Crippen molar-refractivity contribution in [2.75, 3.05) is 19.6 Å². The summed E-state index contributed by atoms with van der Waals surface area (Å²) in [5, 5.41) is 4.78. The van der Waals surface area contributed by atoms with Crippen LogP contribution in [-0.2, 0) is 4.79 Å². The summed E-state index contributed by atoms with van der Waals surface area (Å²) < 4.78 is 74.0. The smallest absolute Gasteiger partial charge is 0.355 e. The minimum atomic E-state index is -5.64. The van der Waals surface area contributed by atoms with Gasteiger partial charge in [-0.15, -0.1) is 0 Å². The summed E-state index contributed by atoms with van der Waals surface area (Å²) in [6, 6.07) is 0. The molecule has 0 aliphatic carbocycles. The number of amides is 1. The molecular formula is C11H16F6N2O. The molecule has 0 bridgehead atoms. The molecule has 3 nitrogen and oxygen atoms in total. The lowest BCUT2D eigenvalue weighted by molar-refractivity contribution is -0.274. The molecule has 1 saturated heterocycles. The fourth-order valence-electron chi connectivity index (χ4n) is 2.16. The minimum Gasteiger partial charge on any atom is -0.355 e. The minimum absolute atomic E-state index is 0.221. The Morgan fingerprint density at radius 3 is 2.20 bits per heavy atom. The second kappa shape index (κ2) is 5.79. The maximum absolute atomic E-state index is 12.3. The molecule has 0 aromatic heterocycles. The van der Waals surface area contributed by atoms with E-state index in [9.17, 15) is 31.1 Å². The van der Waals surface area contributed by atoms with Crippen LogP contribution in [0.15, 0.2) is 0 Å². The molecular weight excluding hydrogens is 290 g/mol. The third kappa shape index (κ3) is 4.53. The third-order valence-corrected chi connectivity index (χ3v) is 3.29. The zero-order valence-electron chi connectivity index (χ0n) is 10.8. The number of rotatable bonds is 3. The van der Waals surface area contributed by atoms with E-state index in [0.29, 0.717) is 13.0 Å². The first-order valence-corrected chi connectivity index (χ1v) is 6.08. The van der Waals surface area contributed by atoms with Gasteiger partial charge in [0.25, 0.3) is 0 Å². The molecule has 0 saturated carbocycles. The SMILES string of the molecule is CC1(CNC(=O)C(C(F)(F)F)C(F)(F)F)CCCNC1. The van der Waals surface area contributed by atoms with E-state index in [1.165, 1.54) is 0 Å². The highest BCUT2D eigenvalue weighted by atomic mass is 19.4. The predicted molar refractivity (Wildman–Crippen MR) is 58.8 cm³/mol. The van der Waals surface area contributed by atoms with Crippen molar-refractivity contribution in [2.45, 2.75) is 32.1 Å². The van der Waals surface area contributed by atoms with Gasteiger partial charge in [0.15, 0.2) is 0 Å². The van der Waals surface area contributed by atoms with E-state index in [-0.39, 0.29) is 6.54 Å². The van der Waals surface area contributed by atoms with E-state index < -0.39 is 29.6 Å². The second-order valence-corrected chi connectivity index (χ2v) is 5.33. The van der Waals surface area contributed by atoms with Crippen LogP contribution in [0.1, 0.15) is 19.8 Å². The maximum atomic E-state index is 12.3. The molecule has 1 aliphatic rings. The topological polar surface area (TPSA) is 41.1 Å². The van der Waals surface area contributed by atoms with Gasteiger partial charge in [0.05, 0.1) is 0 Å². The van der Waals surface area contributed by atoms with Gasteiger partial charge in [-0.2, -0.15) is 26.3 Å². The molecule has 20 heavy (non-hydrogen) atoms. The molecule has 2 N–H and O–H groups in total. The average Bonchev–Trinajstić information content (AvgIpc) is 2.23. The molecule has 1 aliphatic heterocycles. The Morgan fingerprint density at radius 1 is 1.25 bits per heavy atom. The van der Waals surface area contributed by atoms with Gasteiger partial charge in [0.2, 0.25) is 11.8 Å². The highest BCUT2D eigenvalue weighted by Gasteiger charge is 2.61. The molecule has 9 heteroatoms. The van der Waals surface area contributed by atoms with Crippen molar-refractivity contribution in [3.8, 4) is 0 Å². The van der Waals surface area contributed by atoms with Crippen LogP contribution in [-0.4, -0.2) is 37.9 Å². The summed E-state index contributed by atoms with van der Waals surface area (Å²) in [5.74, 6) is -6.02. The average molecular weight is 306 g/mol. The van der Waals surface area contributed by atoms with E-state index in [4.69, 9.17) is 0 Å². The van der Waals surface area contributed by atoms with Gasteiger partial charge in [0.1, 0.15) is 0 Å². The van der Waals surface area contributed by atoms with Gasteiger partial charge in [-0.05, 0) is 24.8 Å². The van der Waals surface area contributed by atoms with Crippen LogP contribution in [0.3, 0.4) is 0 Å². The van der Waals surface area contributed by atoms with Crippen molar-refractivity contribution in [1.29, 1.82) is 0 Å². The van der Waals surface area contributed by atoms with Crippen LogP contribution in [0.2, 0.25) is 0 Å². The van der Waals surface area contributed by atoms with Gasteiger partial charge in [-0.1, -0.05) is 6.92 Å². The number of halogens is 6. The second-order valence-electron chi connectivity index (χ2n) is 5.33. The highest BCUT2D eigenvalue weighted by Crippen LogP contribution is 2.39. The Kier molecular flexibility index (Phi) is 4.94. The lowest BCUT2D eigenvalue weighted by atomic mass is 9.82. The van der Waals surface area contributed by atoms with Gasteiger partial charge in [0, 0.05) is 13.1 Å². The normalized spacial score (nSPS) is 24.8. The van der Waals surface area contributed by atoms with Gasteiger partial charge >= 0.3 is 12.4 Å². The number of carbonyl (C=O) groups is 1. The quantitative estimate of drug-likeness (QED) is 0.785. The Hall–Kier alpha value is -0.990. The van der Waals surface area contributed by atoms with Crippen molar-refractivity contribution in [3.05, 3.63) is 0 Å². The third-order valence-electron chi connectivity index (χ3n) is 3.29. The van der Waals surface area contributed by atoms with Crippen LogP contribution >= 0.6 is 0 Å². The van der Waals surface area contributed by atoms with E-state index in [2.05, 4.69) is 5.32 Å². The summed E-state index contributed by atoms with van der Waals surface area (Å²) >= 11 is 0. The Labute approximate surface area is 112 Å². The summed E-state index contributed by atoms with van der Waals surface area (Å²) in [4.78, 5) is 11.2. The van der Waals surface area contributed by atoms with Gasteiger partial charge in [-0.3, -0.25) is 4.79 Å². The van der Waals surface area contributed by atoms with Crippen molar-refractivity contribution in [1.82, 2.24) is 10.6 Å². The molecule has 0 aromatic carbocycles. The standard InChI is InChI=1S/C11H16F6N2O/c1-9(3-2-4-18-5-9)6-19-8(20)7(10(12,13)14)11(15,16)17/h7,18H,2-6H2,1H3,(H,19,20). The molecule has 1 amide bonds. The molecule has 118 valence electrons. The zero-order chi connectivity index (χ0) is 15.6. The molecule has 1 unspecified atom stereocenters. The Morgan fingerprint density at radius 2 is 1.80 bits per heavy atom. The van der Waals surface area contributed by atoms with Gasteiger partial charge < -0.3 is 10.6 Å². The predicted octanol–water partition coefficient (Wildman–Crippen LogP) is 2.23. The Bertz CT molecular complexity index is 332. The van der Waals surface area contributed by atoms with Gasteiger partial charge in [-0.25, -0.2) is 0 Å².